The molecule has 0 saturated carbocycles. The summed E-state index contributed by atoms with van der Waals surface area (Å²) in [5, 5.41) is 0. The normalized spacial score (nSPS) is 10.2. The molecular formula is C12H12N3O2. The third-order valence-electron chi connectivity index (χ3n) is 2.39. The largest absolute Gasteiger partial charge is 0.497 e. The minimum absolute atomic E-state index is 0.209. The number of methoxy groups -OCH3 is 1. The smallest absolute Gasteiger partial charge is 0.284 e. The Labute approximate surface area is 98.8 Å². The SMILES string of the molecule is COc1ccc(Cn2c[c]nc2C(N)=O)cc1. The van der Waals surface area contributed by atoms with E-state index in [4.69, 9.17) is 10.5 Å². The van der Waals surface area contributed by atoms with Crippen LogP contribution in [0.3, 0.4) is 0 Å². The van der Waals surface area contributed by atoms with Gasteiger partial charge in [0, 0.05) is 12.7 Å². The monoisotopic (exact) mass is 230 g/mol. The van der Waals surface area contributed by atoms with E-state index in [1.165, 1.54) is 0 Å². The van der Waals surface area contributed by atoms with Crippen molar-refractivity contribution in [2.45, 2.75) is 6.54 Å². The number of benzene rings is 1. The number of carbonyl (C=O) groups excluding carboxylic acids is 1. The maximum atomic E-state index is 11.1. The van der Waals surface area contributed by atoms with Crippen LogP contribution in [0.2, 0.25) is 0 Å². The standard InChI is InChI=1S/C12H12N3O2/c1-17-10-4-2-9(3-5-10)8-15-7-6-14-12(15)11(13)16/h2-5,7H,8H2,1H3,(H2,13,16). The molecule has 2 N–H and O–H groups in total. The summed E-state index contributed by atoms with van der Waals surface area (Å²) in [6.07, 6.45) is 4.21. The summed E-state index contributed by atoms with van der Waals surface area (Å²) in [5.41, 5.74) is 6.22. The molecule has 1 radical (unpaired) electrons. The van der Waals surface area contributed by atoms with E-state index in [1.807, 2.05) is 24.3 Å². The average molecular weight is 230 g/mol. The van der Waals surface area contributed by atoms with Crippen LogP contribution in [-0.4, -0.2) is 22.6 Å². The van der Waals surface area contributed by atoms with E-state index >= 15 is 0 Å². The van der Waals surface area contributed by atoms with E-state index < -0.39 is 5.91 Å². The average Bonchev–Trinajstić information content (AvgIpc) is 2.78. The highest BCUT2D eigenvalue weighted by Crippen LogP contribution is 2.12. The fourth-order valence-corrected chi connectivity index (χ4v) is 1.53. The number of nitrogens with two attached hydrogens (primary N) is 1. The summed E-state index contributed by atoms with van der Waals surface area (Å²) < 4.78 is 6.72. The lowest BCUT2D eigenvalue weighted by molar-refractivity contribution is 0.0987. The van der Waals surface area contributed by atoms with Gasteiger partial charge in [-0.2, -0.15) is 0 Å². The predicted octanol–water partition coefficient (Wildman–Crippen LogP) is 0.839. The first kappa shape index (κ1) is 11.2. The number of rotatable bonds is 4. The molecule has 87 valence electrons. The maximum absolute atomic E-state index is 11.1. The van der Waals surface area contributed by atoms with Gasteiger partial charge in [0.1, 0.15) is 11.9 Å². The van der Waals surface area contributed by atoms with Gasteiger partial charge in [-0.25, -0.2) is 4.98 Å². The molecule has 17 heavy (non-hydrogen) atoms. The molecule has 0 fully saturated rings. The second-order valence-corrected chi connectivity index (χ2v) is 3.53. The topological polar surface area (TPSA) is 70.1 Å². The van der Waals surface area contributed by atoms with E-state index in [1.54, 1.807) is 17.9 Å². The van der Waals surface area contributed by atoms with E-state index in [9.17, 15) is 4.79 Å². The summed E-state index contributed by atoms with van der Waals surface area (Å²) in [6.45, 7) is 0.527. The highest BCUT2D eigenvalue weighted by Gasteiger charge is 2.08. The lowest BCUT2D eigenvalue weighted by Crippen LogP contribution is -2.18. The van der Waals surface area contributed by atoms with Crippen molar-refractivity contribution >= 4 is 5.91 Å². The van der Waals surface area contributed by atoms with Gasteiger partial charge in [-0.05, 0) is 17.7 Å². The Balaban J connectivity index is 2.19. The predicted molar refractivity (Wildman–Crippen MR) is 61.7 cm³/mol. The van der Waals surface area contributed by atoms with Crippen molar-refractivity contribution in [1.29, 1.82) is 0 Å². The minimum Gasteiger partial charge on any atom is -0.497 e. The molecule has 0 aliphatic rings. The molecule has 5 nitrogen and oxygen atoms in total. The van der Waals surface area contributed by atoms with Crippen molar-refractivity contribution in [3.05, 3.63) is 48.0 Å². The van der Waals surface area contributed by atoms with Crippen LogP contribution in [0.15, 0.2) is 30.5 Å². The Bertz CT molecular complexity index is 517. The fraction of sp³-hybridized carbons (Fsp3) is 0.167. The first-order chi connectivity index (χ1) is 8.20. The van der Waals surface area contributed by atoms with Crippen molar-refractivity contribution in [3.8, 4) is 5.75 Å². The van der Waals surface area contributed by atoms with E-state index in [-0.39, 0.29) is 5.82 Å². The fourth-order valence-electron chi connectivity index (χ4n) is 1.53. The molecule has 0 bridgehead atoms. The van der Waals surface area contributed by atoms with Gasteiger partial charge in [0.15, 0.2) is 5.82 Å². The van der Waals surface area contributed by atoms with Gasteiger partial charge in [0.25, 0.3) is 5.91 Å². The van der Waals surface area contributed by atoms with Crippen LogP contribution in [-0.2, 0) is 6.54 Å². The zero-order valence-electron chi connectivity index (χ0n) is 9.38. The third kappa shape index (κ3) is 2.44. The number of imidazole rings is 1. The van der Waals surface area contributed by atoms with Gasteiger partial charge in [0.2, 0.25) is 0 Å². The van der Waals surface area contributed by atoms with Gasteiger partial charge in [-0.1, -0.05) is 12.1 Å². The molecule has 1 heterocycles. The molecule has 0 aliphatic carbocycles. The molecule has 5 heteroatoms. The van der Waals surface area contributed by atoms with Crippen molar-refractivity contribution < 1.29 is 9.53 Å². The van der Waals surface area contributed by atoms with Crippen LogP contribution in [0.4, 0.5) is 0 Å². The number of nitrogens with zero attached hydrogens (tertiary/aromatic N) is 2. The molecule has 0 atom stereocenters. The Kier molecular flexibility index (Phi) is 3.09. The summed E-state index contributed by atoms with van der Waals surface area (Å²) in [7, 11) is 1.62. The molecule has 0 unspecified atom stereocenters. The molecule has 0 saturated heterocycles. The molecule has 1 amide bonds. The Morgan fingerprint density at radius 3 is 2.76 bits per heavy atom. The number of primary amides is 1. The van der Waals surface area contributed by atoms with E-state index in [0.29, 0.717) is 6.54 Å². The number of aromatic nitrogens is 2. The maximum Gasteiger partial charge on any atom is 0.284 e. The molecular weight excluding hydrogens is 218 g/mol. The second kappa shape index (κ2) is 4.69. The van der Waals surface area contributed by atoms with Crippen molar-refractivity contribution in [3.63, 3.8) is 0 Å². The van der Waals surface area contributed by atoms with Gasteiger partial charge in [-0.3, -0.25) is 4.79 Å². The summed E-state index contributed by atoms with van der Waals surface area (Å²) >= 11 is 0. The molecule has 0 aliphatic heterocycles. The van der Waals surface area contributed by atoms with Crippen molar-refractivity contribution in [2.24, 2.45) is 5.73 Å². The summed E-state index contributed by atoms with van der Waals surface area (Å²) in [6, 6.07) is 7.56. The summed E-state index contributed by atoms with van der Waals surface area (Å²) in [4.78, 5) is 14.9. The van der Waals surface area contributed by atoms with Crippen molar-refractivity contribution in [1.82, 2.24) is 9.55 Å². The van der Waals surface area contributed by atoms with Crippen LogP contribution in [0.1, 0.15) is 16.2 Å². The molecule has 2 aromatic rings. The quantitative estimate of drug-likeness (QED) is 0.846. The molecule has 0 spiro atoms. The van der Waals surface area contributed by atoms with Gasteiger partial charge in [-0.15, -0.1) is 0 Å². The van der Waals surface area contributed by atoms with E-state index in [2.05, 4.69) is 11.2 Å². The third-order valence-corrected chi connectivity index (χ3v) is 2.39. The molecule has 2 rings (SSSR count). The van der Waals surface area contributed by atoms with Gasteiger partial charge >= 0.3 is 0 Å². The Morgan fingerprint density at radius 2 is 2.18 bits per heavy atom. The number of carbonyl (C=O) groups is 1. The number of amides is 1. The van der Waals surface area contributed by atoms with Crippen LogP contribution in [0, 0.1) is 6.20 Å². The minimum atomic E-state index is -0.556. The Hall–Kier alpha value is -2.30. The Morgan fingerprint density at radius 1 is 1.47 bits per heavy atom. The van der Waals surface area contributed by atoms with Crippen LogP contribution in [0.5, 0.6) is 5.75 Å². The molecule has 1 aromatic carbocycles. The highest BCUT2D eigenvalue weighted by atomic mass is 16.5. The lowest BCUT2D eigenvalue weighted by atomic mass is 10.2. The van der Waals surface area contributed by atoms with Gasteiger partial charge < -0.3 is 15.0 Å². The van der Waals surface area contributed by atoms with Crippen LogP contribution >= 0.6 is 0 Å². The lowest BCUT2D eigenvalue weighted by Gasteiger charge is -2.06. The van der Waals surface area contributed by atoms with Gasteiger partial charge in [0.05, 0.1) is 7.11 Å². The number of ether oxygens (including phenoxy) is 1. The zero-order chi connectivity index (χ0) is 12.3. The highest BCUT2D eigenvalue weighted by molar-refractivity contribution is 5.89. The first-order valence-electron chi connectivity index (χ1n) is 5.06. The first-order valence-corrected chi connectivity index (χ1v) is 5.06. The number of hydrogen-bond donors (Lipinski definition) is 1. The molecule has 1 aromatic heterocycles. The van der Waals surface area contributed by atoms with Crippen LogP contribution in [0.25, 0.3) is 0 Å². The zero-order valence-corrected chi connectivity index (χ0v) is 9.38. The summed E-state index contributed by atoms with van der Waals surface area (Å²) in [5.74, 6) is 0.446. The second-order valence-electron chi connectivity index (χ2n) is 3.53. The van der Waals surface area contributed by atoms with Crippen molar-refractivity contribution in [2.75, 3.05) is 7.11 Å². The number of hydrogen-bond acceptors (Lipinski definition) is 3. The van der Waals surface area contributed by atoms with Crippen LogP contribution < -0.4 is 10.5 Å². The van der Waals surface area contributed by atoms with E-state index in [0.717, 1.165) is 11.3 Å².